The van der Waals surface area contributed by atoms with Crippen molar-refractivity contribution in [3.8, 4) is 0 Å². The number of aliphatic carboxylic acids is 1. The number of piperidine rings is 1. The van der Waals surface area contributed by atoms with Crippen molar-refractivity contribution in [2.75, 3.05) is 18.8 Å². The van der Waals surface area contributed by atoms with Gasteiger partial charge < -0.3 is 10.0 Å². The van der Waals surface area contributed by atoms with Gasteiger partial charge in [0.15, 0.2) is 0 Å². The fraction of sp³-hybridized carbons (Fsp3) is 0.500. The highest BCUT2D eigenvalue weighted by Gasteiger charge is 2.26. The van der Waals surface area contributed by atoms with E-state index in [0.29, 0.717) is 31.7 Å². The topological polar surface area (TPSA) is 57.6 Å². The van der Waals surface area contributed by atoms with Gasteiger partial charge in [0.2, 0.25) is 5.91 Å². The summed E-state index contributed by atoms with van der Waals surface area (Å²) in [6.45, 7) is 1.14. The molecule has 1 aromatic heterocycles. The van der Waals surface area contributed by atoms with Crippen LogP contribution < -0.4 is 0 Å². The van der Waals surface area contributed by atoms with E-state index in [1.807, 2.05) is 17.5 Å². The van der Waals surface area contributed by atoms with Crippen LogP contribution in [0.15, 0.2) is 21.7 Å². The Bertz CT molecular complexity index is 411. The largest absolute Gasteiger partial charge is 0.481 e. The standard InChI is InChI=1S/C12H15NO3S2/c14-10(8-18-11-2-1-7-17-11)13-5-3-9(4-6-13)12(15)16/h1-2,7,9H,3-6,8H2,(H,15,16). The second-order valence-corrected chi connectivity index (χ2v) is 6.44. The summed E-state index contributed by atoms with van der Waals surface area (Å²) >= 11 is 3.18. The third kappa shape index (κ3) is 3.49. The van der Waals surface area contributed by atoms with Crippen LogP contribution in [0.4, 0.5) is 0 Å². The van der Waals surface area contributed by atoms with Crippen LogP contribution in [0.25, 0.3) is 0 Å². The third-order valence-electron chi connectivity index (χ3n) is 3.03. The summed E-state index contributed by atoms with van der Waals surface area (Å²) < 4.78 is 1.14. The number of nitrogens with zero attached hydrogens (tertiary/aromatic N) is 1. The number of thioether (sulfide) groups is 1. The fourth-order valence-electron chi connectivity index (χ4n) is 1.95. The molecule has 2 rings (SSSR count). The molecule has 1 aliphatic rings. The summed E-state index contributed by atoms with van der Waals surface area (Å²) in [5, 5.41) is 10.9. The minimum atomic E-state index is -0.741. The molecule has 4 nitrogen and oxygen atoms in total. The number of likely N-dealkylation sites (tertiary alicyclic amines) is 1. The number of rotatable bonds is 4. The summed E-state index contributed by atoms with van der Waals surface area (Å²) in [5.74, 6) is -0.468. The molecule has 2 heterocycles. The van der Waals surface area contributed by atoms with Gasteiger partial charge in [-0.1, -0.05) is 6.07 Å². The highest BCUT2D eigenvalue weighted by Crippen LogP contribution is 2.24. The van der Waals surface area contributed by atoms with Gasteiger partial charge >= 0.3 is 5.97 Å². The molecule has 6 heteroatoms. The van der Waals surface area contributed by atoms with Crippen molar-refractivity contribution >= 4 is 35.0 Å². The van der Waals surface area contributed by atoms with E-state index in [2.05, 4.69) is 0 Å². The lowest BCUT2D eigenvalue weighted by Gasteiger charge is -2.30. The Balaban J connectivity index is 1.75. The molecule has 98 valence electrons. The monoisotopic (exact) mass is 285 g/mol. The summed E-state index contributed by atoms with van der Waals surface area (Å²) in [5.41, 5.74) is 0. The van der Waals surface area contributed by atoms with E-state index in [-0.39, 0.29) is 11.8 Å². The van der Waals surface area contributed by atoms with E-state index in [4.69, 9.17) is 5.11 Å². The molecule has 0 spiro atoms. The first kappa shape index (κ1) is 13.4. The molecule has 0 saturated carbocycles. The number of thiophene rings is 1. The second-order valence-electron chi connectivity index (χ2n) is 4.21. The second kappa shape index (κ2) is 6.24. The van der Waals surface area contributed by atoms with Gasteiger partial charge in [-0.25, -0.2) is 0 Å². The molecule has 0 aromatic carbocycles. The van der Waals surface area contributed by atoms with Gasteiger partial charge in [0.05, 0.1) is 15.9 Å². The summed E-state index contributed by atoms with van der Waals surface area (Å²) in [6, 6.07) is 3.97. The number of carboxylic acid groups (broad SMARTS) is 1. The van der Waals surface area contributed by atoms with Crippen molar-refractivity contribution in [1.29, 1.82) is 0 Å². The molecule has 0 bridgehead atoms. The van der Waals surface area contributed by atoms with Crippen molar-refractivity contribution in [2.24, 2.45) is 5.92 Å². The van der Waals surface area contributed by atoms with Crippen LogP contribution in [0.3, 0.4) is 0 Å². The summed E-state index contributed by atoms with van der Waals surface area (Å²) in [6.07, 6.45) is 1.15. The molecular weight excluding hydrogens is 270 g/mol. The van der Waals surface area contributed by atoms with Crippen LogP contribution in [0.1, 0.15) is 12.8 Å². The molecule has 0 unspecified atom stereocenters. The lowest BCUT2D eigenvalue weighted by atomic mass is 9.97. The van der Waals surface area contributed by atoms with E-state index < -0.39 is 5.97 Å². The average Bonchev–Trinajstić information content (AvgIpc) is 2.89. The number of carbonyl (C=O) groups excluding carboxylic acids is 1. The van der Waals surface area contributed by atoms with Gasteiger partial charge in [0.25, 0.3) is 0 Å². The Morgan fingerprint density at radius 3 is 2.72 bits per heavy atom. The third-order valence-corrected chi connectivity index (χ3v) is 5.15. The molecule has 18 heavy (non-hydrogen) atoms. The van der Waals surface area contributed by atoms with Crippen molar-refractivity contribution in [2.45, 2.75) is 17.1 Å². The van der Waals surface area contributed by atoms with Crippen molar-refractivity contribution < 1.29 is 14.7 Å². The first-order valence-electron chi connectivity index (χ1n) is 5.83. The molecule has 1 amide bonds. The Hall–Kier alpha value is -1.01. The van der Waals surface area contributed by atoms with E-state index in [1.54, 1.807) is 28.0 Å². The quantitative estimate of drug-likeness (QED) is 0.861. The smallest absolute Gasteiger partial charge is 0.306 e. The van der Waals surface area contributed by atoms with Gasteiger partial charge in [-0.05, 0) is 24.3 Å². The van der Waals surface area contributed by atoms with Gasteiger partial charge in [0, 0.05) is 13.1 Å². The van der Waals surface area contributed by atoms with Gasteiger partial charge in [-0.2, -0.15) is 0 Å². The highest BCUT2D eigenvalue weighted by atomic mass is 32.2. The zero-order chi connectivity index (χ0) is 13.0. The van der Waals surface area contributed by atoms with Crippen molar-refractivity contribution in [3.05, 3.63) is 17.5 Å². The predicted octanol–water partition coefficient (Wildman–Crippen LogP) is 2.16. The van der Waals surface area contributed by atoms with E-state index in [0.717, 1.165) is 4.21 Å². The van der Waals surface area contributed by atoms with Crippen LogP contribution in [-0.2, 0) is 9.59 Å². The lowest BCUT2D eigenvalue weighted by molar-refractivity contribution is -0.145. The highest BCUT2D eigenvalue weighted by molar-refractivity contribution is 8.01. The van der Waals surface area contributed by atoms with Crippen molar-refractivity contribution in [3.63, 3.8) is 0 Å². The number of amides is 1. The minimum Gasteiger partial charge on any atom is -0.481 e. The van der Waals surface area contributed by atoms with E-state index in [9.17, 15) is 9.59 Å². The SMILES string of the molecule is O=C(O)C1CCN(C(=O)CSc2cccs2)CC1. The van der Waals surface area contributed by atoms with E-state index in [1.165, 1.54) is 0 Å². The molecular formula is C12H15NO3S2. The molecule has 1 saturated heterocycles. The summed E-state index contributed by atoms with van der Waals surface area (Å²) in [7, 11) is 0. The maximum Gasteiger partial charge on any atom is 0.306 e. The lowest BCUT2D eigenvalue weighted by Crippen LogP contribution is -2.41. The van der Waals surface area contributed by atoms with Gasteiger partial charge in [0.1, 0.15) is 0 Å². The maximum absolute atomic E-state index is 11.9. The molecule has 1 N–H and O–H groups in total. The number of carboxylic acids is 1. The van der Waals surface area contributed by atoms with Crippen LogP contribution >= 0.6 is 23.1 Å². The molecule has 1 aliphatic heterocycles. The number of hydrogen-bond donors (Lipinski definition) is 1. The Labute approximate surface area is 114 Å². The van der Waals surface area contributed by atoms with Gasteiger partial charge in [-0.3, -0.25) is 9.59 Å². The van der Waals surface area contributed by atoms with Crippen molar-refractivity contribution in [1.82, 2.24) is 4.90 Å². The van der Waals surface area contributed by atoms with Crippen LogP contribution in [0.5, 0.6) is 0 Å². The Kier molecular flexibility index (Phi) is 4.66. The zero-order valence-electron chi connectivity index (χ0n) is 9.87. The molecule has 0 radical (unpaired) electrons. The normalized spacial score (nSPS) is 16.8. The number of carbonyl (C=O) groups is 2. The van der Waals surface area contributed by atoms with Crippen LogP contribution in [0.2, 0.25) is 0 Å². The maximum atomic E-state index is 11.9. The average molecular weight is 285 g/mol. The van der Waals surface area contributed by atoms with Crippen LogP contribution in [-0.4, -0.2) is 40.7 Å². The zero-order valence-corrected chi connectivity index (χ0v) is 11.5. The summed E-state index contributed by atoms with van der Waals surface area (Å²) in [4.78, 5) is 24.5. The number of hydrogen-bond acceptors (Lipinski definition) is 4. The van der Waals surface area contributed by atoms with Crippen LogP contribution in [0, 0.1) is 5.92 Å². The first-order valence-corrected chi connectivity index (χ1v) is 7.70. The minimum absolute atomic E-state index is 0.109. The fourth-order valence-corrected chi connectivity index (χ4v) is 3.63. The van der Waals surface area contributed by atoms with E-state index >= 15 is 0 Å². The molecule has 0 atom stereocenters. The molecule has 0 aliphatic carbocycles. The van der Waals surface area contributed by atoms with Gasteiger partial charge in [-0.15, -0.1) is 23.1 Å². The molecule has 1 fully saturated rings. The Morgan fingerprint density at radius 1 is 1.44 bits per heavy atom. The Morgan fingerprint density at radius 2 is 2.17 bits per heavy atom. The first-order chi connectivity index (χ1) is 8.66. The predicted molar refractivity (Wildman–Crippen MR) is 72.0 cm³/mol. The molecule has 1 aromatic rings.